The van der Waals surface area contributed by atoms with E-state index >= 15 is 0 Å². The van der Waals surface area contributed by atoms with Crippen LogP contribution in [0.3, 0.4) is 0 Å². The van der Waals surface area contributed by atoms with E-state index in [9.17, 15) is 9.59 Å². The summed E-state index contributed by atoms with van der Waals surface area (Å²) in [7, 11) is 0. The fourth-order valence-corrected chi connectivity index (χ4v) is 6.18. The lowest BCUT2D eigenvalue weighted by Crippen LogP contribution is -2.36. The van der Waals surface area contributed by atoms with E-state index in [-0.39, 0.29) is 24.1 Å². The third-order valence-corrected chi connectivity index (χ3v) is 8.25. The van der Waals surface area contributed by atoms with Gasteiger partial charge in [-0.25, -0.2) is 14.8 Å². The Balaban J connectivity index is 1.29. The molecule has 2 atom stereocenters. The summed E-state index contributed by atoms with van der Waals surface area (Å²) in [5.41, 5.74) is 5.32. The van der Waals surface area contributed by atoms with Crippen molar-refractivity contribution >= 4 is 44.8 Å². The van der Waals surface area contributed by atoms with Gasteiger partial charge in [-0.05, 0) is 87.7 Å². The minimum absolute atomic E-state index is 0.0498. The summed E-state index contributed by atoms with van der Waals surface area (Å²) in [6.07, 6.45) is 2.37. The van der Waals surface area contributed by atoms with E-state index < -0.39 is 5.60 Å². The first-order chi connectivity index (χ1) is 20.5. The van der Waals surface area contributed by atoms with Gasteiger partial charge < -0.3 is 19.6 Å². The van der Waals surface area contributed by atoms with Crippen LogP contribution in [0.1, 0.15) is 84.5 Å². The SMILES string of the molecule is CCCN(C(C)=O)[C@@H](C)c1nc2ccc(-c3ccc4c(ccc5nc([C@@H]6CCCN6C(=O)OC(C)(C)C)[nH]c54)c3)cc2[nH]1. The van der Waals surface area contributed by atoms with Crippen LogP contribution < -0.4 is 0 Å². The fourth-order valence-electron chi connectivity index (χ4n) is 6.18. The van der Waals surface area contributed by atoms with Crippen molar-refractivity contribution in [3.63, 3.8) is 0 Å². The number of hydrogen-bond donors (Lipinski definition) is 2. The molecule has 2 N–H and O–H groups in total. The van der Waals surface area contributed by atoms with Gasteiger partial charge in [-0.1, -0.05) is 31.2 Å². The molecular weight excluding hydrogens is 540 g/mol. The largest absolute Gasteiger partial charge is 0.444 e. The summed E-state index contributed by atoms with van der Waals surface area (Å²) in [6.45, 7) is 12.7. The van der Waals surface area contributed by atoms with Crippen LogP contribution in [0.4, 0.5) is 4.79 Å². The highest BCUT2D eigenvalue weighted by molar-refractivity contribution is 6.05. The highest BCUT2D eigenvalue weighted by Gasteiger charge is 2.35. The van der Waals surface area contributed by atoms with Gasteiger partial charge in [0, 0.05) is 25.4 Å². The van der Waals surface area contributed by atoms with Gasteiger partial charge in [0.05, 0.1) is 34.2 Å². The second-order valence-electron chi connectivity index (χ2n) is 12.6. The Hall–Kier alpha value is -4.40. The van der Waals surface area contributed by atoms with Gasteiger partial charge in [-0.15, -0.1) is 0 Å². The molecule has 9 heteroatoms. The van der Waals surface area contributed by atoms with Gasteiger partial charge in [0.25, 0.3) is 0 Å². The van der Waals surface area contributed by atoms with E-state index in [1.807, 2.05) is 44.7 Å². The number of amides is 2. The average molecular weight is 581 g/mol. The number of aromatic nitrogens is 4. The maximum atomic E-state index is 12.9. The normalized spacial score (nSPS) is 16.3. The van der Waals surface area contributed by atoms with Crippen molar-refractivity contribution in [2.24, 2.45) is 0 Å². The minimum atomic E-state index is -0.542. The summed E-state index contributed by atoms with van der Waals surface area (Å²) in [6, 6.07) is 16.6. The van der Waals surface area contributed by atoms with Crippen LogP contribution >= 0.6 is 0 Å². The molecule has 0 bridgehead atoms. The molecule has 0 spiro atoms. The zero-order chi connectivity index (χ0) is 30.5. The van der Waals surface area contributed by atoms with E-state index in [2.05, 4.69) is 53.3 Å². The Labute approximate surface area is 251 Å². The van der Waals surface area contributed by atoms with E-state index in [1.165, 1.54) is 0 Å². The number of carbonyl (C=O) groups excluding carboxylic acids is 2. The number of H-pyrrole nitrogens is 2. The van der Waals surface area contributed by atoms with Gasteiger partial charge in [0.2, 0.25) is 5.91 Å². The van der Waals surface area contributed by atoms with Crippen LogP contribution in [-0.2, 0) is 9.53 Å². The predicted octanol–water partition coefficient (Wildman–Crippen LogP) is 7.65. The van der Waals surface area contributed by atoms with Gasteiger partial charge in [-0.3, -0.25) is 9.69 Å². The van der Waals surface area contributed by atoms with Gasteiger partial charge in [-0.2, -0.15) is 0 Å². The third-order valence-electron chi connectivity index (χ3n) is 8.25. The molecule has 1 aliphatic heterocycles. The number of nitrogens with one attached hydrogen (secondary N) is 2. The molecular formula is C34H40N6O3. The van der Waals surface area contributed by atoms with E-state index in [0.717, 1.165) is 74.9 Å². The number of aromatic amines is 2. The number of imidazole rings is 2. The summed E-state index contributed by atoms with van der Waals surface area (Å²) in [5, 5.41) is 2.19. The van der Waals surface area contributed by atoms with Gasteiger partial charge >= 0.3 is 6.09 Å². The van der Waals surface area contributed by atoms with Crippen molar-refractivity contribution in [2.75, 3.05) is 13.1 Å². The molecule has 1 saturated heterocycles. The molecule has 43 heavy (non-hydrogen) atoms. The number of nitrogens with zero attached hydrogens (tertiary/aromatic N) is 4. The predicted molar refractivity (Wildman–Crippen MR) is 170 cm³/mol. The monoisotopic (exact) mass is 580 g/mol. The highest BCUT2D eigenvalue weighted by Crippen LogP contribution is 2.35. The molecule has 1 aliphatic rings. The van der Waals surface area contributed by atoms with Crippen molar-refractivity contribution in [1.82, 2.24) is 29.7 Å². The topological polar surface area (TPSA) is 107 Å². The second-order valence-corrected chi connectivity index (χ2v) is 12.6. The van der Waals surface area contributed by atoms with Crippen LogP contribution in [0, 0.1) is 0 Å². The molecule has 224 valence electrons. The van der Waals surface area contributed by atoms with Crippen LogP contribution in [0.25, 0.3) is 44.0 Å². The van der Waals surface area contributed by atoms with Crippen molar-refractivity contribution < 1.29 is 14.3 Å². The van der Waals surface area contributed by atoms with Gasteiger partial charge in [0.15, 0.2) is 0 Å². The number of rotatable bonds is 6. The molecule has 2 aromatic heterocycles. The Morgan fingerprint density at radius 3 is 2.53 bits per heavy atom. The Morgan fingerprint density at radius 2 is 1.79 bits per heavy atom. The average Bonchev–Trinajstić information content (AvgIpc) is 3.71. The van der Waals surface area contributed by atoms with E-state index in [0.29, 0.717) is 13.1 Å². The van der Waals surface area contributed by atoms with Crippen molar-refractivity contribution in [1.29, 1.82) is 0 Å². The smallest absolute Gasteiger partial charge is 0.410 e. The van der Waals surface area contributed by atoms with E-state index in [4.69, 9.17) is 14.7 Å². The van der Waals surface area contributed by atoms with Crippen molar-refractivity contribution in [3.8, 4) is 11.1 Å². The van der Waals surface area contributed by atoms with E-state index in [1.54, 1.807) is 11.8 Å². The molecule has 0 aliphatic carbocycles. The summed E-state index contributed by atoms with van der Waals surface area (Å²) < 4.78 is 5.67. The van der Waals surface area contributed by atoms with Crippen LogP contribution in [0.15, 0.2) is 48.5 Å². The summed E-state index contributed by atoms with van der Waals surface area (Å²) in [4.78, 5) is 45.4. The molecule has 0 saturated carbocycles. The minimum Gasteiger partial charge on any atom is -0.444 e. The first-order valence-corrected chi connectivity index (χ1v) is 15.2. The highest BCUT2D eigenvalue weighted by atomic mass is 16.6. The van der Waals surface area contributed by atoms with Crippen molar-refractivity contribution in [3.05, 3.63) is 60.2 Å². The zero-order valence-corrected chi connectivity index (χ0v) is 25.8. The fraction of sp³-hybridized carbons (Fsp3) is 0.412. The lowest BCUT2D eigenvalue weighted by molar-refractivity contribution is -0.131. The molecule has 1 fully saturated rings. The third kappa shape index (κ3) is 5.56. The lowest BCUT2D eigenvalue weighted by atomic mass is 10.0. The molecule has 2 amide bonds. The first kappa shape index (κ1) is 28.7. The van der Waals surface area contributed by atoms with Crippen LogP contribution in [-0.4, -0.2) is 60.4 Å². The Morgan fingerprint density at radius 1 is 1.05 bits per heavy atom. The van der Waals surface area contributed by atoms with Crippen LogP contribution in [0.5, 0.6) is 0 Å². The molecule has 3 aromatic carbocycles. The number of carbonyl (C=O) groups is 2. The standard InChI is InChI=1S/C34H40N6O3/c1-7-16-39(21(3)41)20(2)31-35-26-14-11-23(19-28(26)37-31)22-10-13-25-24(18-22)12-15-27-30(25)38-32(36-27)29-9-8-17-40(29)33(42)43-34(4,5)6/h10-15,18-20,29H,7-9,16-17H2,1-6H3,(H,35,37)(H,36,38)/t20-,29-/m0/s1. The Bertz CT molecular complexity index is 1830. The number of fused-ring (bicyclic) bond motifs is 4. The number of ether oxygens (including phenoxy) is 1. The number of likely N-dealkylation sites (tertiary alicyclic amines) is 1. The zero-order valence-electron chi connectivity index (χ0n) is 25.8. The van der Waals surface area contributed by atoms with Crippen LogP contribution in [0.2, 0.25) is 0 Å². The summed E-state index contributed by atoms with van der Waals surface area (Å²) >= 11 is 0. The molecule has 0 unspecified atom stereocenters. The Kier molecular flexibility index (Phi) is 7.36. The van der Waals surface area contributed by atoms with Gasteiger partial charge in [0.1, 0.15) is 17.2 Å². The molecule has 3 heterocycles. The maximum absolute atomic E-state index is 12.9. The lowest BCUT2D eigenvalue weighted by Gasteiger charge is -2.27. The summed E-state index contributed by atoms with van der Waals surface area (Å²) in [5.74, 6) is 1.64. The molecule has 9 nitrogen and oxygen atoms in total. The quantitative estimate of drug-likeness (QED) is 0.214. The van der Waals surface area contributed by atoms with Crippen molar-refractivity contribution in [2.45, 2.75) is 78.5 Å². The molecule has 0 radical (unpaired) electrons. The number of hydrogen-bond acceptors (Lipinski definition) is 5. The number of benzene rings is 3. The molecule has 5 aromatic rings. The second kappa shape index (κ2) is 11.0. The molecule has 6 rings (SSSR count). The first-order valence-electron chi connectivity index (χ1n) is 15.2. The maximum Gasteiger partial charge on any atom is 0.410 e.